The van der Waals surface area contributed by atoms with Crippen molar-refractivity contribution in [2.24, 2.45) is 0 Å². The molecule has 0 saturated heterocycles. The second-order valence-electron chi connectivity index (χ2n) is 2.80. The van der Waals surface area contributed by atoms with Gasteiger partial charge in [0.05, 0.1) is 15.8 Å². The number of ether oxygens (including phenoxy) is 1. The van der Waals surface area contributed by atoms with E-state index in [1.54, 1.807) is 12.1 Å². The molecule has 1 unspecified atom stereocenters. The smallest absolute Gasteiger partial charge is 0.320 e. The zero-order valence-electron chi connectivity index (χ0n) is 8.33. The summed E-state index contributed by atoms with van der Waals surface area (Å²) in [5, 5.41) is 2.67. The summed E-state index contributed by atoms with van der Waals surface area (Å²) in [6.45, 7) is 0.265. The molecule has 4 nitrogen and oxygen atoms in total. The Morgan fingerprint density at radius 1 is 1.62 bits per heavy atom. The van der Waals surface area contributed by atoms with Crippen molar-refractivity contribution in [2.45, 2.75) is 3.92 Å². The number of hydrogen-bond donors (Lipinski definition) is 1. The first kappa shape index (κ1) is 13.9. The van der Waals surface area contributed by atoms with Crippen molar-refractivity contribution in [2.75, 3.05) is 13.7 Å². The number of rotatable bonds is 4. The number of carbonyl (C=O) groups is 2. The summed E-state index contributed by atoms with van der Waals surface area (Å²) in [5.74, 6) is -0.519. The molecule has 16 heavy (non-hydrogen) atoms. The lowest BCUT2D eigenvalue weighted by Gasteiger charge is -2.08. The Balaban J connectivity index is 2.44. The quantitative estimate of drug-likeness (QED) is 0.464. The van der Waals surface area contributed by atoms with Crippen molar-refractivity contribution in [3.63, 3.8) is 0 Å². The van der Waals surface area contributed by atoms with Gasteiger partial charge >= 0.3 is 5.97 Å². The average Bonchev–Trinajstić information content (AvgIpc) is 2.71. The van der Waals surface area contributed by atoms with E-state index in [2.05, 4.69) is 26.0 Å². The van der Waals surface area contributed by atoms with Crippen LogP contribution in [-0.4, -0.2) is 29.5 Å². The molecule has 1 heterocycles. The number of thiophene rings is 1. The molecule has 7 heteroatoms. The van der Waals surface area contributed by atoms with Crippen LogP contribution >= 0.6 is 49.9 Å². The van der Waals surface area contributed by atoms with Gasteiger partial charge in [-0.15, -0.1) is 11.3 Å². The number of methoxy groups -OCH3 is 1. The first-order valence-corrected chi connectivity index (χ1v) is 7.15. The molecule has 0 saturated carbocycles. The van der Waals surface area contributed by atoms with Crippen molar-refractivity contribution in [1.82, 2.24) is 5.32 Å². The van der Waals surface area contributed by atoms with Gasteiger partial charge in [0.1, 0.15) is 3.92 Å². The summed E-state index contributed by atoms with van der Waals surface area (Å²) in [5.41, 5.74) is 0. The van der Waals surface area contributed by atoms with Crippen LogP contribution in [0.15, 0.2) is 15.9 Å². The summed E-state index contributed by atoms with van der Waals surface area (Å²) in [6, 6.07) is 3.53. The predicted molar refractivity (Wildman–Crippen MR) is 74.2 cm³/mol. The Morgan fingerprint density at radius 3 is 2.81 bits per heavy atom. The highest BCUT2D eigenvalue weighted by atomic mass is 127. The molecule has 0 aromatic carbocycles. The van der Waals surface area contributed by atoms with Gasteiger partial charge in [-0.1, -0.05) is 22.6 Å². The zero-order chi connectivity index (χ0) is 12.1. The zero-order valence-corrected chi connectivity index (χ0v) is 12.9. The van der Waals surface area contributed by atoms with Gasteiger partial charge in [-0.3, -0.25) is 9.59 Å². The SMILES string of the molecule is COC(=O)C(I)CNC(=O)c1ccc(Br)s1. The first-order valence-electron chi connectivity index (χ1n) is 4.30. The summed E-state index contributed by atoms with van der Waals surface area (Å²) >= 11 is 6.56. The van der Waals surface area contributed by atoms with E-state index in [1.165, 1.54) is 18.4 Å². The molecule has 0 spiro atoms. The van der Waals surface area contributed by atoms with Crippen LogP contribution in [0, 0.1) is 0 Å². The third-order valence-electron chi connectivity index (χ3n) is 1.70. The van der Waals surface area contributed by atoms with Crippen molar-refractivity contribution in [3.8, 4) is 0 Å². The van der Waals surface area contributed by atoms with Crippen LogP contribution in [0.1, 0.15) is 9.67 Å². The second-order valence-corrected chi connectivity index (χ2v) is 6.77. The molecule has 1 aromatic heterocycles. The summed E-state index contributed by atoms with van der Waals surface area (Å²) in [4.78, 5) is 23.3. The van der Waals surface area contributed by atoms with Gasteiger partial charge in [0.25, 0.3) is 5.91 Å². The van der Waals surface area contributed by atoms with Gasteiger partial charge in [-0.05, 0) is 28.1 Å². The van der Waals surface area contributed by atoms with Crippen LogP contribution in [0.4, 0.5) is 0 Å². The first-order chi connectivity index (χ1) is 7.54. The molecule has 0 aliphatic carbocycles. The third kappa shape index (κ3) is 4.02. The predicted octanol–water partition coefficient (Wildman–Crippen LogP) is 2.22. The van der Waals surface area contributed by atoms with E-state index in [0.29, 0.717) is 4.88 Å². The molecule has 1 rings (SSSR count). The van der Waals surface area contributed by atoms with E-state index in [4.69, 9.17) is 0 Å². The van der Waals surface area contributed by atoms with E-state index in [0.717, 1.165) is 3.79 Å². The van der Waals surface area contributed by atoms with Crippen LogP contribution in [0.2, 0.25) is 0 Å². The Hall–Kier alpha value is -0.150. The number of nitrogens with one attached hydrogen (secondary N) is 1. The van der Waals surface area contributed by atoms with Gasteiger partial charge in [0.2, 0.25) is 0 Å². The molecule has 0 fully saturated rings. The molecular weight excluding hydrogens is 409 g/mol. The van der Waals surface area contributed by atoms with Crippen LogP contribution in [-0.2, 0) is 9.53 Å². The van der Waals surface area contributed by atoms with Crippen molar-refractivity contribution in [1.29, 1.82) is 0 Å². The Bertz CT molecular complexity index is 396. The molecule has 0 aliphatic heterocycles. The standard InChI is InChI=1S/C9H9BrINO3S/c1-15-9(14)5(11)4-12-8(13)6-2-3-7(10)16-6/h2-3,5H,4H2,1H3,(H,12,13). The maximum atomic E-state index is 11.6. The van der Waals surface area contributed by atoms with E-state index < -0.39 is 0 Å². The van der Waals surface area contributed by atoms with Crippen molar-refractivity contribution in [3.05, 3.63) is 20.8 Å². The van der Waals surface area contributed by atoms with E-state index in [-0.39, 0.29) is 22.3 Å². The van der Waals surface area contributed by atoms with Crippen LogP contribution in [0.5, 0.6) is 0 Å². The Morgan fingerprint density at radius 2 is 2.31 bits per heavy atom. The lowest BCUT2D eigenvalue weighted by Crippen LogP contribution is -2.33. The molecule has 1 amide bonds. The number of esters is 1. The van der Waals surface area contributed by atoms with Crippen LogP contribution < -0.4 is 5.32 Å². The monoisotopic (exact) mass is 417 g/mol. The fraction of sp³-hybridized carbons (Fsp3) is 0.333. The van der Waals surface area contributed by atoms with Crippen LogP contribution in [0.25, 0.3) is 0 Å². The normalized spacial score (nSPS) is 11.9. The summed E-state index contributed by atoms with van der Waals surface area (Å²) in [6.07, 6.45) is 0. The fourth-order valence-corrected chi connectivity index (χ4v) is 2.69. The van der Waals surface area contributed by atoms with Gasteiger partial charge in [-0.2, -0.15) is 0 Å². The highest BCUT2D eigenvalue weighted by Crippen LogP contribution is 2.21. The minimum atomic E-state index is -0.366. The average molecular weight is 418 g/mol. The maximum absolute atomic E-state index is 11.6. The molecule has 0 bridgehead atoms. The number of carbonyl (C=O) groups excluding carboxylic acids is 2. The van der Waals surface area contributed by atoms with Gasteiger partial charge in [-0.25, -0.2) is 0 Å². The topological polar surface area (TPSA) is 55.4 Å². The third-order valence-corrected chi connectivity index (χ3v) is 4.27. The van der Waals surface area contributed by atoms with Crippen LogP contribution in [0.3, 0.4) is 0 Å². The van der Waals surface area contributed by atoms with E-state index in [1.807, 2.05) is 22.6 Å². The Labute approximate surface area is 119 Å². The number of amides is 1. The fourth-order valence-electron chi connectivity index (χ4n) is 0.917. The largest absolute Gasteiger partial charge is 0.468 e. The molecule has 1 N–H and O–H groups in total. The molecule has 0 aliphatic rings. The molecule has 1 atom stereocenters. The van der Waals surface area contributed by atoms with E-state index in [9.17, 15) is 9.59 Å². The summed E-state index contributed by atoms with van der Waals surface area (Å²) in [7, 11) is 1.33. The molecular formula is C9H9BrINO3S. The Kier molecular flexibility index (Phi) is 5.70. The summed E-state index contributed by atoms with van der Waals surface area (Å²) < 4.78 is 5.09. The van der Waals surface area contributed by atoms with Gasteiger partial charge < -0.3 is 10.1 Å². The lowest BCUT2D eigenvalue weighted by atomic mass is 10.4. The molecule has 1 aromatic rings. The molecule has 88 valence electrons. The second kappa shape index (κ2) is 6.55. The maximum Gasteiger partial charge on any atom is 0.320 e. The van der Waals surface area contributed by atoms with Crippen molar-refractivity contribution >= 4 is 61.7 Å². The van der Waals surface area contributed by atoms with Gasteiger partial charge in [0.15, 0.2) is 0 Å². The lowest BCUT2D eigenvalue weighted by molar-refractivity contribution is -0.139. The number of alkyl halides is 1. The highest BCUT2D eigenvalue weighted by Gasteiger charge is 2.17. The number of hydrogen-bond acceptors (Lipinski definition) is 4. The van der Waals surface area contributed by atoms with Crippen molar-refractivity contribution < 1.29 is 14.3 Å². The number of halogens is 2. The highest BCUT2D eigenvalue weighted by molar-refractivity contribution is 14.1. The van der Waals surface area contributed by atoms with Gasteiger partial charge in [0, 0.05) is 6.54 Å². The minimum Gasteiger partial charge on any atom is -0.468 e. The minimum absolute atomic E-state index is 0.179. The molecule has 0 radical (unpaired) electrons. The van der Waals surface area contributed by atoms with E-state index >= 15 is 0 Å².